The Bertz CT molecular complexity index is 879. The highest BCUT2D eigenvalue weighted by Crippen LogP contribution is 2.29. The molecule has 7 nitrogen and oxygen atoms in total. The molecule has 140 valence electrons. The Morgan fingerprint density at radius 1 is 1.08 bits per heavy atom. The summed E-state index contributed by atoms with van der Waals surface area (Å²) in [6.07, 6.45) is 1.06. The van der Waals surface area contributed by atoms with E-state index in [-0.39, 0.29) is 6.54 Å². The van der Waals surface area contributed by atoms with Crippen LogP contribution in [0.1, 0.15) is 5.56 Å². The maximum atomic E-state index is 12.5. The van der Waals surface area contributed by atoms with Crippen LogP contribution < -0.4 is 19.1 Å². The fourth-order valence-corrected chi connectivity index (χ4v) is 3.20. The smallest absolute Gasteiger partial charge is 0.245 e. The van der Waals surface area contributed by atoms with Gasteiger partial charge in [0, 0.05) is 6.07 Å². The lowest BCUT2D eigenvalue weighted by Gasteiger charge is -2.22. The van der Waals surface area contributed by atoms with Gasteiger partial charge in [0.05, 0.1) is 31.9 Å². The molecule has 8 heteroatoms. The summed E-state index contributed by atoms with van der Waals surface area (Å²) in [5, 5.41) is 2.67. The average Bonchev–Trinajstić information content (AvgIpc) is 2.59. The number of benzene rings is 2. The summed E-state index contributed by atoms with van der Waals surface area (Å²) in [6, 6.07) is 11.9. The summed E-state index contributed by atoms with van der Waals surface area (Å²) in [5.41, 5.74) is 1.81. The maximum Gasteiger partial charge on any atom is 0.245 e. The molecule has 0 unspecified atom stereocenters. The SMILES string of the molecule is COc1ccc(OC)c(NC(=O)CN(c2ccc(C)cc2)S(C)(=O)=O)c1. The minimum absolute atomic E-state index is 0.359. The number of aryl methyl sites for hydroxylation is 1. The Morgan fingerprint density at radius 3 is 2.27 bits per heavy atom. The second-order valence-electron chi connectivity index (χ2n) is 5.72. The highest BCUT2D eigenvalue weighted by atomic mass is 32.2. The Balaban J connectivity index is 2.24. The summed E-state index contributed by atoms with van der Waals surface area (Å²) < 4.78 is 35.7. The van der Waals surface area contributed by atoms with Crippen molar-refractivity contribution in [2.75, 3.05) is 36.6 Å². The number of carbonyl (C=O) groups is 1. The number of anilines is 2. The topological polar surface area (TPSA) is 84.9 Å². The van der Waals surface area contributed by atoms with E-state index < -0.39 is 15.9 Å². The van der Waals surface area contributed by atoms with E-state index in [1.54, 1.807) is 42.5 Å². The zero-order valence-electron chi connectivity index (χ0n) is 15.1. The van der Waals surface area contributed by atoms with Crippen LogP contribution in [0.3, 0.4) is 0 Å². The van der Waals surface area contributed by atoms with Crippen molar-refractivity contribution < 1.29 is 22.7 Å². The minimum Gasteiger partial charge on any atom is -0.497 e. The molecule has 0 aromatic heterocycles. The zero-order valence-corrected chi connectivity index (χ0v) is 16.0. The van der Waals surface area contributed by atoms with Crippen molar-refractivity contribution in [3.8, 4) is 11.5 Å². The first-order valence-electron chi connectivity index (χ1n) is 7.81. The van der Waals surface area contributed by atoms with E-state index >= 15 is 0 Å². The predicted molar refractivity (Wildman–Crippen MR) is 102 cm³/mol. The fourth-order valence-electron chi connectivity index (χ4n) is 2.34. The van der Waals surface area contributed by atoms with E-state index in [1.807, 2.05) is 6.92 Å². The molecule has 1 amide bonds. The minimum atomic E-state index is -3.63. The molecule has 0 fully saturated rings. The van der Waals surface area contributed by atoms with E-state index in [9.17, 15) is 13.2 Å². The molecule has 0 saturated carbocycles. The summed E-state index contributed by atoms with van der Waals surface area (Å²) in [4.78, 5) is 12.5. The molecule has 0 aliphatic heterocycles. The number of hydrogen-bond donors (Lipinski definition) is 1. The van der Waals surface area contributed by atoms with E-state index in [1.165, 1.54) is 14.2 Å². The van der Waals surface area contributed by atoms with Gasteiger partial charge in [0.15, 0.2) is 0 Å². The highest BCUT2D eigenvalue weighted by molar-refractivity contribution is 7.92. The average molecular weight is 378 g/mol. The quantitative estimate of drug-likeness (QED) is 0.800. The van der Waals surface area contributed by atoms with Crippen LogP contribution in [0.4, 0.5) is 11.4 Å². The van der Waals surface area contributed by atoms with Crippen LogP contribution in [0.25, 0.3) is 0 Å². The van der Waals surface area contributed by atoms with Crippen molar-refractivity contribution in [1.82, 2.24) is 0 Å². The molecular weight excluding hydrogens is 356 g/mol. The van der Waals surface area contributed by atoms with Gasteiger partial charge in [-0.1, -0.05) is 17.7 Å². The molecule has 2 rings (SSSR count). The Kier molecular flexibility index (Phi) is 6.10. The lowest BCUT2D eigenvalue weighted by atomic mass is 10.2. The normalized spacial score (nSPS) is 10.9. The number of carbonyl (C=O) groups excluding carboxylic acids is 1. The Morgan fingerprint density at radius 2 is 1.73 bits per heavy atom. The molecule has 0 saturated heterocycles. The van der Waals surface area contributed by atoms with Gasteiger partial charge in [0.1, 0.15) is 18.0 Å². The van der Waals surface area contributed by atoms with Gasteiger partial charge in [-0.25, -0.2) is 8.42 Å². The number of amides is 1. The molecular formula is C18H22N2O5S. The summed E-state index contributed by atoms with van der Waals surface area (Å²) in [5.74, 6) is 0.488. The lowest BCUT2D eigenvalue weighted by molar-refractivity contribution is -0.114. The van der Waals surface area contributed by atoms with Gasteiger partial charge < -0.3 is 14.8 Å². The third-order valence-corrected chi connectivity index (χ3v) is 4.83. The van der Waals surface area contributed by atoms with E-state index in [4.69, 9.17) is 9.47 Å². The van der Waals surface area contributed by atoms with Crippen LogP contribution in [0.2, 0.25) is 0 Å². The molecule has 2 aromatic rings. The third kappa shape index (κ3) is 4.89. The molecule has 0 atom stereocenters. The van der Waals surface area contributed by atoms with Crippen molar-refractivity contribution >= 4 is 27.3 Å². The molecule has 0 bridgehead atoms. The molecule has 26 heavy (non-hydrogen) atoms. The van der Waals surface area contributed by atoms with Crippen LogP contribution in [0.15, 0.2) is 42.5 Å². The number of hydrogen-bond acceptors (Lipinski definition) is 5. The van der Waals surface area contributed by atoms with Crippen LogP contribution in [-0.2, 0) is 14.8 Å². The third-order valence-electron chi connectivity index (χ3n) is 3.69. The summed E-state index contributed by atoms with van der Waals surface area (Å²) >= 11 is 0. The Hall–Kier alpha value is -2.74. The van der Waals surface area contributed by atoms with Gasteiger partial charge in [0.25, 0.3) is 0 Å². The number of nitrogens with one attached hydrogen (secondary N) is 1. The molecule has 1 N–H and O–H groups in total. The first-order chi connectivity index (χ1) is 12.2. The number of methoxy groups -OCH3 is 2. The van der Waals surface area contributed by atoms with Crippen molar-refractivity contribution in [2.45, 2.75) is 6.92 Å². The van der Waals surface area contributed by atoms with Crippen molar-refractivity contribution in [1.29, 1.82) is 0 Å². The van der Waals surface area contributed by atoms with Crippen LogP contribution >= 0.6 is 0 Å². The molecule has 0 aliphatic carbocycles. The van der Waals surface area contributed by atoms with Crippen molar-refractivity contribution in [2.24, 2.45) is 0 Å². The monoisotopic (exact) mass is 378 g/mol. The lowest BCUT2D eigenvalue weighted by Crippen LogP contribution is -2.37. The van der Waals surface area contributed by atoms with Gasteiger partial charge in [-0.3, -0.25) is 9.10 Å². The molecule has 0 radical (unpaired) electrons. The molecule has 0 aliphatic rings. The summed E-state index contributed by atoms with van der Waals surface area (Å²) in [6.45, 7) is 1.54. The summed E-state index contributed by atoms with van der Waals surface area (Å²) in [7, 11) is -0.641. The van der Waals surface area contributed by atoms with Crippen molar-refractivity contribution in [3.63, 3.8) is 0 Å². The second-order valence-corrected chi connectivity index (χ2v) is 7.63. The van der Waals surface area contributed by atoms with Gasteiger partial charge in [-0.05, 0) is 31.2 Å². The van der Waals surface area contributed by atoms with Crippen molar-refractivity contribution in [3.05, 3.63) is 48.0 Å². The molecule has 0 spiro atoms. The maximum absolute atomic E-state index is 12.5. The van der Waals surface area contributed by atoms with E-state index in [0.717, 1.165) is 16.1 Å². The van der Waals surface area contributed by atoms with Gasteiger partial charge in [0.2, 0.25) is 15.9 Å². The highest BCUT2D eigenvalue weighted by Gasteiger charge is 2.21. The first-order valence-corrected chi connectivity index (χ1v) is 9.65. The van der Waals surface area contributed by atoms with Gasteiger partial charge >= 0.3 is 0 Å². The Labute approximate surface area is 153 Å². The number of rotatable bonds is 7. The second kappa shape index (κ2) is 8.09. The standard InChI is InChI=1S/C18H22N2O5S/c1-13-5-7-14(8-6-13)20(26(4,22)23)12-18(21)19-16-11-15(24-2)9-10-17(16)25-3/h5-11H,12H2,1-4H3,(H,19,21). The molecule has 2 aromatic carbocycles. The first kappa shape index (κ1) is 19.6. The fraction of sp³-hybridized carbons (Fsp3) is 0.278. The van der Waals surface area contributed by atoms with Gasteiger partial charge in [-0.2, -0.15) is 0 Å². The van der Waals surface area contributed by atoms with E-state index in [0.29, 0.717) is 22.9 Å². The van der Waals surface area contributed by atoms with Crippen LogP contribution in [-0.4, -0.2) is 41.3 Å². The zero-order chi connectivity index (χ0) is 19.3. The number of ether oxygens (including phenoxy) is 2. The van der Waals surface area contributed by atoms with Crippen LogP contribution in [0.5, 0.6) is 11.5 Å². The number of sulfonamides is 1. The van der Waals surface area contributed by atoms with E-state index in [2.05, 4.69) is 5.32 Å². The predicted octanol–water partition coefficient (Wildman–Crippen LogP) is 2.42. The number of nitrogens with zero attached hydrogens (tertiary/aromatic N) is 1. The molecule has 0 heterocycles. The van der Waals surface area contributed by atoms with Gasteiger partial charge in [-0.15, -0.1) is 0 Å². The van der Waals surface area contributed by atoms with Crippen LogP contribution in [0, 0.1) is 6.92 Å². The largest absolute Gasteiger partial charge is 0.497 e.